The van der Waals surface area contributed by atoms with Gasteiger partial charge in [0.2, 0.25) is 20.0 Å². The first-order valence-corrected chi connectivity index (χ1v) is 13.7. The Kier molecular flexibility index (Phi) is 7.89. The third kappa shape index (κ3) is 5.50. The van der Waals surface area contributed by atoms with Gasteiger partial charge in [0.15, 0.2) is 0 Å². The first kappa shape index (κ1) is 26.7. The lowest BCUT2D eigenvalue weighted by Gasteiger charge is -2.37. The third-order valence-electron chi connectivity index (χ3n) is 6.33. The first-order valence-electron chi connectivity index (χ1n) is 10.8. The zero-order chi connectivity index (χ0) is 26.0. The van der Waals surface area contributed by atoms with Gasteiger partial charge in [-0.25, -0.2) is 16.8 Å². The molecule has 1 fully saturated rings. The summed E-state index contributed by atoms with van der Waals surface area (Å²) in [7, 11) is -5.39. The van der Waals surface area contributed by atoms with Crippen molar-refractivity contribution in [1.82, 2.24) is 8.61 Å². The van der Waals surface area contributed by atoms with Gasteiger partial charge in [-0.1, -0.05) is 19.3 Å². The lowest BCUT2D eigenvalue weighted by atomic mass is 10.0. The summed E-state index contributed by atoms with van der Waals surface area (Å²) >= 11 is 0. The molecular weight excluding hydrogens is 500 g/mol. The van der Waals surface area contributed by atoms with E-state index >= 15 is 0 Å². The fourth-order valence-electron chi connectivity index (χ4n) is 4.29. The number of rotatable bonds is 8. The maximum absolute atomic E-state index is 13.3. The van der Waals surface area contributed by atoms with Crippen molar-refractivity contribution in [2.75, 3.05) is 14.1 Å². The molecule has 0 amide bonds. The van der Waals surface area contributed by atoms with Crippen LogP contribution in [0.2, 0.25) is 0 Å². The predicted octanol–water partition coefficient (Wildman–Crippen LogP) is 3.15. The van der Waals surface area contributed by atoms with E-state index in [0.717, 1.165) is 63.6 Å². The third-order valence-corrected chi connectivity index (χ3v) is 10.1. The molecule has 0 aromatic heterocycles. The normalized spacial score (nSPS) is 19.4. The lowest BCUT2D eigenvalue weighted by molar-refractivity contribution is -0.385. The van der Waals surface area contributed by atoms with Gasteiger partial charge < -0.3 is 0 Å². The molecule has 0 heterocycles. The summed E-state index contributed by atoms with van der Waals surface area (Å²) in [6.45, 7) is 0. The highest BCUT2D eigenvalue weighted by molar-refractivity contribution is 7.89. The highest BCUT2D eigenvalue weighted by atomic mass is 32.2. The average molecular weight is 527 g/mol. The number of nitro groups is 2. The van der Waals surface area contributed by atoms with Gasteiger partial charge >= 0.3 is 0 Å². The molecule has 1 aliphatic rings. The zero-order valence-corrected chi connectivity index (χ0v) is 20.8. The smallest absolute Gasteiger partial charge is 0.258 e. The van der Waals surface area contributed by atoms with Crippen molar-refractivity contribution in [3.05, 3.63) is 68.8 Å². The van der Waals surface area contributed by atoms with Crippen molar-refractivity contribution in [1.29, 1.82) is 0 Å². The van der Waals surface area contributed by atoms with Crippen LogP contribution >= 0.6 is 0 Å². The number of sulfonamides is 2. The molecule has 0 N–H and O–H groups in total. The van der Waals surface area contributed by atoms with Crippen LogP contribution in [0.4, 0.5) is 11.4 Å². The van der Waals surface area contributed by atoms with Crippen LogP contribution in [0, 0.1) is 20.2 Å². The largest absolute Gasteiger partial charge is 0.269 e. The van der Waals surface area contributed by atoms with Gasteiger partial charge in [0.05, 0.1) is 19.6 Å². The maximum Gasteiger partial charge on any atom is 0.269 e. The molecule has 2 atom stereocenters. The Labute approximate surface area is 203 Å². The van der Waals surface area contributed by atoms with Crippen LogP contribution in [0.1, 0.15) is 32.1 Å². The molecule has 0 spiro atoms. The van der Waals surface area contributed by atoms with E-state index in [1.807, 2.05) is 0 Å². The zero-order valence-electron chi connectivity index (χ0n) is 19.2. The molecule has 0 unspecified atom stereocenters. The number of non-ortho nitro benzene ring substituents is 2. The molecule has 3 rings (SSSR count). The van der Waals surface area contributed by atoms with E-state index < -0.39 is 42.0 Å². The van der Waals surface area contributed by atoms with E-state index in [1.165, 1.54) is 14.1 Å². The number of nitrogens with zero attached hydrogens (tertiary/aromatic N) is 4. The molecule has 35 heavy (non-hydrogen) atoms. The Bertz CT molecular complexity index is 1190. The number of nitro benzene ring substituents is 2. The average Bonchev–Trinajstić information content (AvgIpc) is 3.09. The van der Waals surface area contributed by atoms with Crippen molar-refractivity contribution in [2.45, 2.75) is 54.0 Å². The van der Waals surface area contributed by atoms with Crippen molar-refractivity contribution in [3.63, 3.8) is 0 Å². The number of likely N-dealkylation sites (N-methyl/N-ethyl adjacent to an activating group) is 2. The second kappa shape index (κ2) is 10.4. The molecule has 2 aromatic carbocycles. The van der Waals surface area contributed by atoms with Gasteiger partial charge in [0.1, 0.15) is 0 Å². The van der Waals surface area contributed by atoms with E-state index in [-0.39, 0.29) is 21.2 Å². The summed E-state index contributed by atoms with van der Waals surface area (Å²) in [5.41, 5.74) is -0.485. The Hall–Kier alpha value is -2.94. The van der Waals surface area contributed by atoms with Gasteiger partial charge in [-0.2, -0.15) is 8.61 Å². The molecule has 14 heteroatoms. The maximum atomic E-state index is 13.3. The Morgan fingerprint density at radius 1 is 0.657 bits per heavy atom. The van der Waals surface area contributed by atoms with Crippen molar-refractivity contribution in [2.24, 2.45) is 0 Å². The molecule has 0 aliphatic heterocycles. The minimum atomic E-state index is -4.07. The van der Waals surface area contributed by atoms with Gasteiger partial charge in [0, 0.05) is 50.4 Å². The van der Waals surface area contributed by atoms with Gasteiger partial charge in [-0.3, -0.25) is 20.2 Å². The molecular formula is C21H26N4O8S2. The molecule has 1 aliphatic carbocycles. The summed E-state index contributed by atoms with van der Waals surface area (Å²) in [4.78, 5) is 20.3. The number of benzene rings is 2. The van der Waals surface area contributed by atoms with Crippen molar-refractivity contribution < 1.29 is 26.7 Å². The van der Waals surface area contributed by atoms with Crippen molar-refractivity contribution in [3.8, 4) is 0 Å². The number of hydrogen-bond donors (Lipinski definition) is 0. The van der Waals surface area contributed by atoms with Gasteiger partial charge in [0.25, 0.3) is 11.4 Å². The number of hydrogen-bond acceptors (Lipinski definition) is 8. The fraction of sp³-hybridized carbons (Fsp3) is 0.429. The SMILES string of the molecule is CN([C@@H]1CCCCC[C@H]1N(C)S(=O)(=O)c1ccc([N+](=O)[O-])cc1)S(=O)(=O)c1ccc([N+](=O)[O-])cc1. The minimum Gasteiger partial charge on any atom is -0.258 e. The molecule has 1 saturated carbocycles. The van der Waals surface area contributed by atoms with Crippen LogP contribution in [0.15, 0.2) is 58.3 Å². The summed E-state index contributed by atoms with van der Waals surface area (Å²) in [6.07, 6.45) is 3.06. The van der Waals surface area contributed by atoms with Crippen LogP contribution in [-0.2, 0) is 20.0 Å². The van der Waals surface area contributed by atoms with Crippen LogP contribution in [0.25, 0.3) is 0 Å². The lowest BCUT2D eigenvalue weighted by Crippen LogP contribution is -2.52. The summed E-state index contributed by atoms with van der Waals surface area (Å²) < 4.78 is 55.6. The highest BCUT2D eigenvalue weighted by Crippen LogP contribution is 2.32. The van der Waals surface area contributed by atoms with Crippen LogP contribution < -0.4 is 0 Å². The molecule has 0 bridgehead atoms. The molecule has 0 saturated heterocycles. The second-order valence-electron chi connectivity index (χ2n) is 8.32. The molecule has 2 aromatic rings. The van der Waals surface area contributed by atoms with Crippen molar-refractivity contribution >= 4 is 31.4 Å². The van der Waals surface area contributed by atoms with E-state index in [4.69, 9.17) is 0 Å². The highest BCUT2D eigenvalue weighted by Gasteiger charge is 2.40. The quantitative estimate of drug-likeness (QED) is 0.288. The second-order valence-corrected chi connectivity index (χ2v) is 12.3. The predicted molar refractivity (Wildman–Crippen MR) is 127 cm³/mol. The van der Waals surface area contributed by atoms with E-state index in [2.05, 4.69) is 0 Å². The Morgan fingerprint density at radius 3 is 1.26 bits per heavy atom. The van der Waals surface area contributed by atoms with Gasteiger partial charge in [-0.05, 0) is 37.1 Å². The fourth-order valence-corrected chi connectivity index (χ4v) is 7.12. The summed E-state index contributed by atoms with van der Waals surface area (Å²) in [5.74, 6) is 0. The van der Waals surface area contributed by atoms with Gasteiger partial charge in [-0.15, -0.1) is 0 Å². The topological polar surface area (TPSA) is 161 Å². The summed E-state index contributed by atoms with van der Waals surface area (Å²) in [5, 5.41) is 21.8. The van der Waals surface area contributed by atoms with Crippen LogP contribution in [0.5, 0.6) is 0 Å². The van der Waals surface area contributed by atoms with Crippen LogP contribution in [-0.4, -0.2) is 61.5 Å². The Balaban J connectivity index is 1.94. The minimum absolute atomic E-state index is 0.130. The molecule has 0 radical (unpaired) electrons. The van der Waals surface area contributed by atoms with E-state index in [9.17, 15) is 37.1 Å². The Morgan fingerprint density at radius 2 is 0.971 bits per heavy atom. The first-order chi connectivity index (χ1) is 16.4. The van der Waals surface area contributed by atoms with E-state index in [0.29, 0.717) is 25.7 Å². The van der Waals surface area contributed by atoms with Crippen LogP contribution in [0.3, 0.4) is 0 Å². The van der Waals surface area contributed by atoms with E-state index in [1.54, 1.807) is 0 Å². The standard InChI is InChI=1S/C21H26N4O8S2/c1-22(34(30,31)18-12-8-16(9-13-18)24(26)27)20-6-4-3-5-7-21(20)23(2)35(32,33)19-14-10-17(11-15-19)25(28)29/h8-15,20-21H,3-7H2,1-2H3/t20-,21-/m1/s1. The summed E-state index contributed by atoms with van der Waals surface area (Å²) in [6, 6.07) is 7.70. The monoisotopic (exact) mass is 526 g/mol. The molecule has 190 valence electrons. The molecule has 12 nitrogen and oxygen atoms in total.